The average molecular weight is 457 g/mol. The van der Waals surface area contributed by atoms with E-state index in [1.54, 1.807) is 7.11 Å². The van der Waals surface area contributed by atoms with Gasteiger partial charge in [-0.05, 0) is 42.3 Å². The molecule has 2 heterocycles. The number of amidine groups is 1. The predicted octanol–water partition coefficient (Wildman–Crippen LogP) is 4.72. The lowest BCUT2D eigenvalue weighted by molar-refractivity contribution is 0.169. The number of rotatable bonds is 3. The number of aliphatic imine (C=N–C) groups is 1. The van der Waals surface area contributed by atoms with Crippen LogP contribution in [-0.4, -0.2) is 55.0 Å². The van der Waals surface area contributed by atoms with Crippen LogP contribution in [0.25, 0.3) is 0 Å². The number of carbonyl (C=O) groups excluding carboxylic acids is 1. The summed E-state index contributed by atoms with van der Waals surface area (Å²) in [7, 11) is 1.65. The van der Waals surface area contributed by atoms with Crippen LogP contribution in [0.3, 0.4) is 0 Å². The quantitative estimate of drug-likeness (QED) is 0.620. The lowest BCUT2D eigenvalue weighted by atomic mass is 10.1. The Bertz CT molecular complexity index is 1220. The summed E-state index contributed by atoms with van der Waals surface area (Å²) in [5.41, 5.74) is 3.90. The van der Waals surface area contributed by atoms with Gasteiger partial charge in [0.25, 0.3) is 0 Å². The summed E-state index contributed by atoms with van der Waals surface area (Å²) in [6.45, 7) is 5.16. The van der Waals surface area contributed by atoms with Gasteiger partial charge in [-0.25, -0.2) is 9.79 Å². The number of hydrogen-bond donors (Lipinski definition) is 1. The van der Waals surface area contributed by atoms with Crippen LogP contribution in [0.1, 0.15) is 16.7 Å². The molecule has 174 valence electrons. The minimum Gasteiger partial charge on any atom is -0.497 e. The molecule has 5 rings (SSSR count). The predicted molar refractivity (Wildman–Crippen MR) is 132 cm³/mol. The molecule has 1 saturated heterocycles. The average Bonchev–Trinajstić information content (AvgIpc) is 3.03. The zero-order chi connectivity index (χ0) is 23.5. The van der Waals surface area contributed by atoms with E-state index >= 15 is 0 Å². The maximum absolute atomic E-state index is 12.7. The highest BCUT2D eigenvalue weighted by molar-refractivity contribution is 6.04. The Morgan fingerprint density at radius 2 is 1.79 bits per heavy atom. The molecule has 1 N–H and O–H groups in total. The van der Waals surface area contributed by atoms with Crippen molar-refractivity contribution in [3.05, 3.63) is 83.4 Å². The van der Waals surface area contributed by atoms with Crippen molar-refractivity contribution in [3.8, 4) is 17.2 Å². The molecule has 0 aliphatic carbocycles. The Morgan fingerprint density at radius 1 is 1.00 bits per heavy atom. The highest BCUT2D eigenvalue weighted by Crippen LogP contribution is 2.40. The summed E-state index contributed by atoms with van der Waals surface area (Å²) < 4.78 is 11.7. The molecule has 2 aliphatic rings. The number of nitrogens with zero attached hydrogens (tertiary/aromatic N) is 3. The number of benzene rings is 3. The molecule has 1 fully saturated rings. The van der Waals surface area contributed by atoms with Gasteiger partial charge in [-0.3, -0.25) is 0 Å². The van der Waals surface area contributed by atoms with E-state index in [1.807, 2.05) is 78.6 Å². The van der Waals surface area contributed by atoms with E-state index in [0.717, 1.165) is 39.7 Å². The zero-order valence-electron chi connectivity index (χ0n) is 19.5. The van der Waals surface area contributed by atoms with Crippen molar-refractivity contribution in [2.75, 3.05) is 33.3 Å². The second kappa shape index (κ2) is 9.47. The van der Waals surface area contributed by atoms with E-state index in [4.69, 9.17) is 14.5 Å². The summed E-state index contributed by atoms with van der Waals surface area (Å²) in [6.07, 6.45) is 0. The number of carbonyl (C=O) groups is 1. The van der Waals surface area contributed by atoms with E-state index in [-0.39, 0.29) is 6.03 Å². The van der Waals surface area contributed by atoms with Gasteiger partial charge in [-0.15, -0.1) is 0 Å². The van der Waals surface area contributed by atoms with Crippen molar-refractivity contribution >= 4 is 17.6 Å². The van der Waals surface area contributed by atoms with Crippen LogP contribution >= 0.6 is 0 Å². The third kappa shape index (κ3) is 4.55. The number of piperazine rings is 1. The second-order valence-electron chi connectivity index (χ2n) is 8.49. The molecule has 0 saturated carbocycles. The first kappa shape index (κ1) is 21.8. The summed E-state index contributed by atoms with van der Waals surface area (Å²) in [5.74, 6) is 3.02. The van der Waals surface area contributed by atoms with Crippen molar-refractivity contribution in [2.24, 2.45) is 4.99 Å². The fourth-order valence-electron chi connectivity index (χ4n) is 4.23. The molecule has 7 nitrogen and oxygen atoms in total. The maximum Gasteiger partial charge on any atom is 0.317 e. The van der Waals surface area contributed by atoms with E-state index in [9.17, 15) is 4.79 Å². The van der Waals surface area contributed by atoms with Gasteiger partial charge in [0.05, 0.1) is 12.7 Å². The van der Waals surface area contributed by atoms with Crippen molar-refractivity contribution in [3.63, 3.8) is 0 Å². The number of hydrogen-bond acceptors (Lipinski definition) is 5. The van der Waals surface area contributed by atoms with Crippen LogP contribution in [0.15, 0.2) is 71.7 Å². The molecular formula is C27H28N4O3. The van der Waals surface area contributed by atoms with E-state index in [2.05, 4.69) is 10.2 Å². The molecule has 0 radical (unpaired) electrons. The van der Waals surface area contributed by atoms with Gasteiger partial charge in [0.1, 0.15) is 23.0 Å². The Hall–Kier alpha value is -4.00. The van der Waals surface area contributed by atoms with Crippen molar-refractivity contribution < 1.29 is 14.3 Å². The summed E-state index contributed by atoms with van der Waals surface area (Å²) in [6, 6.07) is 21.7. The number of methoxy groups -OCH3 is 1. The highest BCUT2D eigenvalue weighted by atomic mass is 16.5. The van der Waals surface area contributed by atoms with Gasteiger partial charge in [-0.1, -0.05) is 36.4 Å². The summed E-state index contributed by atoms with van der Waals surface area (Å²) in [5, 5.41) is 3.02. The lowest BCUT2D eigenvalue weighted by Crippen LogP contribution is -2.53. The van der Waals surface area contributed by atoms with Crippen LogP contribution in [-0.2, 0) is 6.54 Å². The monoisotopic (exact) mass is 456 g/mol. The Morgan fingerprint density at radius 3 is 2.56 bits per heavy atom. The Kier molecular flexibility index (Phi) is 6.08. The Balaban J connectivity index is 1.34. The number of amides is 2. The third-order valence-corrected chi connectivity index (χ3v) is 6.14. The van der Waals surface area contributed by atoms with E-state index in [1.165, 1.54) is 0 Å². The largest absolute Gasteiger partial charge is 0.497 e. The first-order chi connectivity index (χ1) is 16.6. The molecule has 3 aromatic carbocycles. The number of aryl methyl sites for hydroxylation is 1. The SMILES string of the molecule is COc1ccc2c(c1)Oc1cc(C)ccc1N=C2N1CCN(C(=O)NCc2ccccc2)CC1. The molecule has 0 bridgehead atoms. The first-order valence-electron chi connectivity index (χ1n) is 11.5. The van der Waals surface area contributed by atoms with Crippen molar-refractivity contribution in [1.29, 1.82) is 0 Å². The van der Waals surface area contributed by atoms with Crippen LogP contribution < -0.4 is 14.8 Å². The minimum atomic E-state index is -0.0411. The first-order valence-corrected chi connectivity index (χ1v) is 11.5. The molecule has 0 aromatic heterocycles. The lowest BCUT2D eigenvalue weighted by Gasteiger charge is -2.36. The third-order valence-electron chi connectivity index (χ3n) is 6.14. The van der Waals surface area contributed by atoms with Crippen LogP contribution in [0.5, 0.6) is 17.2 Å². The summed E-state index contributed by atoms with van der Waals surface area (Å²) in [4.78, 5) is 21.8. The van der Waals surface area contributed by atoms with Crippen molar-refractivity contribution in [2.45, 2.75) is 13.5 Å². The van der Waals surface area contributed by atoms with Gasteiger partial charge in [0.2, 0.25) is 0 Å². The van der Waals surface area contributed by atoms with E-state index < -0.39 is 0 Å². The molecule has 34 heavy (non-hydrogen) atoms. The highest BCUT2D eigenvalue weighted by Gasteiger charge is 2.28. The minimum absolute atomic E-state index is 0.0411. The fourth-order valence-corrected chi connectivity index (χ4v) is 4.23. The number of fused-ring (bicyclic) bond motifs is 2. The fraction of sp³-hybridized carbons (Fsp3) is 0.259. The standard InChI is InChI=1S/C27H28N4O3/c1-19-8-11-23-25(16-19)34-24-17-21(33-2)9-10-22(24)26(29-23)30-12-14-31(15-13-30)27(32)28-18-20-6-4-3-5-7-20/h3-11,16-17H,12-15,18H2,1-2H3,(H,28,32). The van der Waals surface area contributed by atoms with Gasteiger partial charge < -0.3 is 24.6 Å². The molecule has 0 unspecified atom stereocenters. The molecule has 2 aliphatic heterocycles. The van der Waals surface area contributed by atoms with Gasteiger partial charge >= 0.3 is 6.03 Å². The molecule has 0 spiro atoms. The second-order valence-corrected chi connectivity index (χ2v) is 8.49. The zero-order valence-corrected chi connectivity index (χ0v) is 19.5. The molecule has 0 atom stereocenters. The molecule has 7 heteroatoms. The summed E-state index contributed by atoms with van der Waals surface area (Å²) >= 11 is 0. The Labute approximate surface area is 199 Å². The number of urea groups is 1. The maximum atomic E-state index is 12.7. The molecule has 2 amide bonds. The number of nitrogens with one attached hydrogen (secondary N) is 1. The van der Waals surface area contributed by atoms with Crippen LogP contribution in [0, 0.1) is 6.92 Å². The van der Waals surface area contributed by atoms with Crippen LogP contribution in [0.4, 0.5) is 10.5 Å². The smallest absolute Gasteiger partial charge is 0.317 e. The van der Waals surface area contributed by atoms with Gasteiger partial charge in [0, 0.05) is 38.8 Å². The van der Waals surface area contributed by atoms with Gasteiger partial charge in [-0.2, -0.15) is 0 Å². The topological polar surface area (TPSA) is 66.4 Å². The normalized spacial score (nSPS) is 14.8. The van der Waals surface area contributed by atoms with Crippen LogP contribution in [0.2, 0.25) is 0 Å². The number of ether oxygens (including phenoxy) is 2. The van der Waals surface area contributed by atoms with Crippen molar-refractivity contribution in [1.82, 2.24) is 15.1 Å². The van der Waals surface area contributed by atoms with E-state index in [0.29, 0.717) is 38.5 Å². The molecular weight excluding hydrogens is 428 g/mol. The molecule has 3 aromatic rings. The van der Waals surface area contributed by atoms with Gasteiger partial charge in [0.15, 0.2) is 5.75 Å².